The second kappa shape index (κ2) is 13.1. The number of carbonyl (C=O) groups excluding carboxylic acids is 2. The van der Waals surface area contributed by atoms with Gasteiger partial charge in [-0.15, -0.1) is 0 Å². The molecule has 6 heteroatoms. The number of rotatable bonds is 0. The number of phenolic OH excluding ortho intramolecular Hbond substituents is 2. The van der Waals surface area contributed by atoms with E-state index in [0.29, 0.717) is 63.3 Å². The van der Waals surface area contributed by atoms with Crippen LogP contribution >= 0.6 is 0 Å². The highest BCUT2D eigenvalue weighted by Gasteiger charge is 2.28. The smallest absolute Gasteiger partial charge is 0.344 e. The molecule has 268 valence electrons. The normalized spacial score (nSPS) is 13.9. The fraction of sp³-hybridized carbons (Fsp3) is 0.0400. The molecule has 8 aromatic carbocycles. The summed E-state index contributed by atoms with van der Waals surface area (Å²) in [4.78, 5) is 29.3. The third kappa shape index (κ3) is 5.67. The summed E-state index contributed by atoms with van der Waals surface area (Å²) in [6, 6.07) is 44.9. The number of carbonyl (C=O) groups is 2. The van der Waals surface area contributed by atoms with Crippen LogP contribution in [0.4, 0.5) is 0 Å². The van der Waals surface area contributed by atoms with Crippen LogP contribution in [0, 0.1) is 0 Å². The molecule has 1 aliphatic heterocycles. The molecule has 0 spiro atoms. The fourth-order valence-corrected chi connectivity index (χ4v) is 8.12. The Morgan fingerprint density at radius 1 is 0.446 bits per heavy atom. The molecule has 0 radical (unpaired) electrons. The average Bonchev–Trinajstić information content (AvgIpc) is 3.21. The molecule has 0 amide bonds. The molecule has 6 nitrogen and oxygen atoms in total. The molecule has 6 bridgehead atoms. The zero-order valence-corrected chi connectivity index (χ0v) is 30.0. The van der Waals surface area contributed by atoms with Gasteiger partial charge < -0.3 is 19.7 Å². The number of phenols is 2. The summed E-state index contributed by atoms with van der Waals surface area (Å²) in [7, 11) is 0. The number of hydrogen-bond donors (Lipinski definition) is 2. The fourth-order valence-electron chi connectivity index (χ4n) is 8.12. The van der Waals surface area contributed by atoms with Crippen LogP contribution in [0.2, 0.25) is 0 Å². The molecule has 56 heavy (non-hydrogen) atoms. The molecule has 0 aromatic heterocycles. The van der Waals surface area contributed by atoms with Crippen LogP contribution in [0.3, 0.4) is 0 Å². The van der Waals surface area contributed by atoms with E-state index in [1.807, 2.05) is 115 Å². The molecular weight excluding hydrogens is 697 g/mol. The van der Waals surface area contributed by atoms with Crippen molar-refractivity contribution in [3.05, 3.63) is 179 Å². The van der Waals surface area contributed by atoms with Crippen molar-refractivity contribution in [1.29, 1.82) is 0 Å². The first-order chi connectivity index (χ1) is 27.4. The number of fused-ring (bicyclic) bond motifs is 10. The largest absolute Gasteiger partial charge is 0.508 e. The maximum atomic E-state index is 14.7. The first-order valence-corrected chi connectivity index (χ1v) is 18.5. The molecule has 0 fully saturated rings. The quantitative estimate of drug-likeness (QED) is 0.119. The van der Waals surface area contributed by atoms with Gasteiger partial charge in [0.25, 0.3) is 0 Å². The van der Waals surface area contributed by atoms with Crippen molar-refractivity contribution >= 4 is 45.6 Å². The number of esters is 2. The molecule has 0 saturated heterocycles. The Bertz CT molecular complexity index is 2990. The Kier molecular flexibility index (Phi) is 7.78. The summed E-state index contributed by atoms with van der Waals surface area (Å²) in [5, 5.41) is 25.1. The van der Waals surface area contributed by atoms with Crippen molar-refractivity contribution in [3.63, 3.8) is 0 Å². The maximum absolute atomic E-state index is 14.7. The van der Waals surface area contributed by atoms with Crippen LogP contribution in [-0.2, 0) is 12.8 Å². The molecule has 3 aliphatic rings. The Labute approximate surface area is 322 Å². The third-order valence-electron chi connectivity index (χ3n) is 10.8. The van der Waals surface area contributed by atoms with E-state index in [1.54, 1.807) is 42.5 Å². The van der Waals surface area contributed by atoms with Crippen molar-refractivity contribution in [3.8, 4) is 56.4 Å². The number of benzene rings is 8. The Morgan fingerprint density at radius 2 is 1.00 bits per heavy atom. The van der Waals surface area contributed by atoms with Crippen LogP contribution < -0.4 is 9.47 Å². The lowest BCUT2D eigenvalue weighted by atomic mass is 9.87. The number of aromatic hydroxyl groups is 2. The standard InChI is InChI=1S/C50H32O6/c51-35-18-22-36-34(28-35)15-11-30-14-24-46-43(26-30)42-25-29(9-10-31-12-19-39(36)44(52)27-31)13-23-45(42)55-49(53)40-20-16-32-5-1-3-7-37(32)47(40)48-38-8-4-2-6-33(38)17-21-41(48)50(54)56-46/h1-10,12-14,16-28,51-52H,11,15H2/b10-9-. The van der Waals surface area contributed by atoms with E-state index in [4.69, 9.17) is 9.47 Å². The zero-order chi connectivity index (χ0) is 37.9. The summed E-state index contributed by atoms with van der Waals surface area (Å²) < 4.78 is 12.8. The van der Waals surface area contributed by atoms with E-state index in [-0.39, 0.29) is 11.5 Å². The minimum atomic E-state index is -0.560. The van der Waals surface area contributed by atoms with Crippen LogP contribution in [0.5, 0.6) is 23.0 Å². The highest BCUT2D eigenvalue weighted by atomic mass is 16.5. The van der Waals surface area contributed by atoms with Crippen LogP contribution in [0.15, 0.2) is 146 Å². The van der Waals surface area contributed by atoms with Gasteiger partial charge in [-0.05, 0) is 117 Å². The van der Waals surface area contributed by atoms with Crippen LogP contribution in [0.1, 0.15) is 43.0 Å². The molecule has 0 atom stereocenters. The number of hydrogen-bond acceptors (Lipinski definition) is 6. The first-order valence-electron chi connectivity index (χ1n) is 18.5. The maximum Gasteiger partial charge on any atom is 0.344 e. The summed E-state index contributed by atoms with van der Waals surface area (Å²) in [6.07, 6.45) is 4.91. The van der Waals surface area contributed by atoms with Crippen molar-refractivity contribution < 1.29 is 29.3 Å². The van der Waals surface area contributed by atoms with Gasteiger partial charge in [0.15, 0.2) is 0 Å². The topological polar surface area (TPSA) is 93.1 Å². The average molecular weight is 729 g/mol. The molecular formula is C50H32O6. The van der Waals surface area contributed by atoms with Crippen molar-refractivity contribution in [2.75, 3.05) is 0 Å². The van der Waals surface area contributed by atoms with Gasteiger partial charge in [0.2, 0.25) is 0 Å². The van der Waals surface area contributed by atoms with Gasteiger partial charge in [-0.1, -0.05) is 103 Å². The predicted molar refractivity (Wildman–Crippen MR) is 220 cm³/mol. The lowest BCUT2D eigenvalue weighted by Gasteiger charge is -2.21. The number of ether oxygens (including phenoxy) is 2. The van der Waals surface area contributed by atoms with Gasteiger partial charge in [0.05, 0.1) is 11.1 Å². The Balaban J connectivity index is 1.22. The van der Waals surface area contributed by atoms with Crippen molar-refractivity contribution in [2.24, 2.45) is 0 Å². The van der Waals surface area contributed by atoms with Crippen LogP contribution in [0.25, 0.3) is 67.1 Å². The molecule has 11 rings (SSSR count). The zero-order valence-electron chi connectivity index (χ0n) is 30.0. The van der Waals surface area contributed by atoms with E-state index in [1.165, 1.54) is 0 Å². The summed E-state index contributed by atoms with van der Waals surface area (Å²) in [5.74, 6) is -0.236. The van der Waals surface area contributed by atoms with E-state index < -0.39 is 11.9 Å². The summed E-state index contributed by atoms with van der Waals surface area (Å²) in [6.45, 7) is 0. The van der Waals surface area contributed by atoms with Gasteiger partial charge >= 0.3 is 11.9 Å². The van der Waals surface area contributed by atoms with Crippen molar-refractivity contribution in [2.45, 2.75) is 12.8 Å². The van der Waals surface area contributed by atoms with E-state index in [0.717, 1.165) is 49.4 Å². The lowest BCUT2D eigenvalue weighted by molar-refractivity contribution is 0.0721. The minimum absolute atomic E-state index is 0.131. The minimum Gasteiger partial charge on any atom is -0.508 e. The Morgan fingerprint density at radius 3 is 1.66 bits per heavy atom. The molecule has 2 N–H and O–H groups in total. The van der Waals surface area contributed by atoms with Gasteiger partial charge in [0.1, 0.15) is 23.0 Å². The highest BCUT2D eigenvalue weighted by molar-refractivity contribution is 6.18. The summed E-state index contributed by atoms with van der Waals surface area (Å²) >= 11 is 0. The van der Waals surface area contributed by atoms with Crippen molar-refractivity contribution in [1.82, 2.24) is 0 Å². The predicted octanol–water partition coefficient (Wildman–Crippen LogP) is 11.4. The highest BCUT2D eigenvalue weighted by Crippen LogP contribution is 2.44. The van der Waals surface area contributed by atoms with Gasteiger partial charge in [-0.2, -0.15) is 0 Å². The monoisotopic (exact) mass is 728 g/mol. The van der Waals surface area contributed by atoms with Gasteiger partial charge in [-0.3, -0.25) is 0 Å². The Hall–Kier alpha value is -7.44. The second-order valence-corrected chi connectivity index (χ2v) is 14.2. The lowest BCUT2D eigenvalue weighted by Crippen LogP contribution is -2.16. The third-order valence-corrected chi connectivity index (χ3v) is 10.8. The van der Waals surface area contributed by atoms with E-state index in [2.05, 4.69) is 0 Å². The second-order valence-electron chi connectivity index (χ2n) is 14.2. The van der Waals surface area contributed by atoms with E-state index >= 15 is 0 Å². The molecule has 0 unspecified atom stereocenters. The van der Waals surface area contributed by atoms with Gasteiger partial charge in [0, 0.05) is 27.8 Å². The number of aryl methyl sites for hydroxylation is 2. The molecule has 2 aliphatic carbocycles. The summed E-state index contributed by atoms with van der Waals surface area (Å²) in [5.41, 5.74) is 7.84. The van der Waals surface area contributed by atoms with Gasteiger partial charge in [-0.25, -0.2) is 9.59 Å². The molecule has 0 saturated carbocycles. The first kappa shape index (κ1) is 33.2. The SMILES string of the molecule is O=C1Oc2ccc3cc2-c2cc(ccc2OC(=O)c2ccc4ccccc4c2-c2c1ccc1ccccc21)CCc1cc(O)ccc1-c1ccc(cc1O)/C=C\3. The molecule has 8 aromatic rings. The molecule has 1 heterocycles. The van der Waals surface area contributed by atoms with Crippen LogP contribution in [-0.4, -0.2) is 22.2 Å². The van der Waals surface area contributed by atoms with E-state index in [9.17, 15) is 19.8 Å².